The summed E-state index contributed by atoms with van der Waals surface area (Å²) in [5.74, 6) is 0.532. The maximum atomic E-state index is 12.7. The summed E-state index contributed by atoms with van der Waals surface area (Å²) in [5.41, 5.74) is 16.6. The Balaban J connectivity index is 1.18. The number of esters is 1. The fourth-order valence-corrected chi connectivity index (χ4v) is 5.14. The molecule has 0 saturated heterocycles. The molecule has 2 aliphatic heterocycles. The van der Waals surface area contributed by atoms with Gasteiger partial charge in [-0.1, -0.05) is 36.4 Å². The third kappa shape index (κ3) is 5.80. The van der Waals surface area contributed by atoms with Crippen molar-refractivity contribution >= 4 is 34.9 Å². The van der Waals surface area contributed by atoms with Gasteiger partial charge in [0.2, 0.25) is 5.91 Å². The lowest BCUT2D eigenvalue weighted by Crippen LogP contribution is -2.45. The summed E-state index contributed by atoms with van der Waals surface area (Å²) in [6.45, 7) is 1.44. The number of benzene rings is 3. The maximum absolute atomic E-state index is 12.7. The first-order valence-electron chi connectivity index (χ1n) is 13.3. The number of nitrogens with two attached hydrogens (primary N) is 2. The van der Waals surface area contributed by atoms with Crippen LogP contribution in [-0.2, 0) is 22.6 Å². The molecule has 2 aliphatic rings. The fourth-order valence-electron chi connectivity index (χ4n) is 5.14. The molecule has 1 unspecified atom stereocenters. The topological polar surface area (TPSA) is 127 Å². The Morgan fingerprint density at radius 3 is 2.62 bits per heavy atom. The Bertz CT molecular complexity index is 1440. The highest BCUT2D eigenvalue weighted by Gasteiger charge is 2.29. The van der Waals surface area contributed by atoms with Crippen LogP contribution in [0.1, 0.15) is 17.5 Å². The zero-order valence-corrected chi connectivity index (χ0v) is 22.7. The first kappa shape index (κ1) is 26.9. The van der Waals surface area contributed by atoms with E-state index in [-0.39, 0.29) is 18.4 Å². The molecule has 3 aromatic rings. The number of primary amides is 1. The van der Waals surface area contributed by atoms with Gasteiger partial charge in [-0.05, 0) is 41.8 Å². The average molecular weight is 543 g/mol. The van der Waals surface area contributed by atoms with Crippen LogP contribution in [0.4, 0.5) is 17.1 Å². The van der Waals surface area contributed by atoms with E-state index in [2.05, 4.69) is 16.0 Å². The Hall–Kier alpha value is -4.73. The van der Waals surface area contributed by atoms with Crippen molar-refractivity contribution in [1.82, 2.24) is 4.90 Å². The molecule has 0 saturated carbocycles. The number of amides is 1. The Labute approximate surface area is 233 Å². The molecule has 5 rings (SSSR count). The first-order valence-corrected chi connectivity index (χ1v) is 13.3. The minimum Gasteiger partial charge on any atom is -0.493 e. The molecule has 0 spiro atoms. The van der Waals surface area contributed by atoms with E-state index >= 15 is 0 Å². The lowest BCUT2D eigenvalue weighted by atomic mass is 10.1. The number of fused-ring (bicyclic) bond motifs is 2. The lowest BCUT2D eigenvalue weighted by molar-refractivity contribution is -0.134. The summed E-state index contributed by atoms with van der Waals surface area (Å²) >= 11 is 0. The van der Waals surface area contributed by atoms with Crippen molar-refractivity contribution in [2.75, 3.05) is 43.6 Å². The van der Waals surface area contributed by atoms with E-state index in [1.165, 1.54) is 5.56 Å². The van der Waals surface area contributed by atoms with Crippen LogP contribution in [0.3, 0.4) is 0 Å². The quantitative estimate of drug-likeness (QED) is 0.296. The number of nitrogens with zero attached hydrogens (tertiary/aromatic N) is 4. The summed E-state index contributed by atoms with van der Waals surface area (Å²) < 4.78 is 11.6. The van der Waals surface area contributed by atoms with Gasteiger partial charge in [-0.2, -0.15) is 0 Å². The van der Waals surface area contributed by atoms with Gasteiger partial charge in [-0.3, -0.25) is 4.79 Å². The van der Waals surface area contributed by atoms with Gasteiger partial charge in [0.15, 0.2) is 11.7 Å². The summed E-state index contributed by atoms with van der Waals surface area (Å²) in [7, 11) is 3.78. The van der Waals surface area contributed by atoms with Crippen LogP contribution in [0.25, 0.3) is 0 Å². The summed E-state index contributed by atoms with van der Waals surface area (Å²) in [4.78, 5) is 35.1. The van der Waals surface area contributed by atoms with E-state index in [1.807, 2.05) is 73.6 Å². The lowest BCUT2D eigenvalue weighted by Gasteiger charge is -2.28. The van der Waals surface area contributed by atoms with Crippen molar-refractivity contribution in [3.8, 4) is 11.5 Å². The molecule has 1 amide bonds. The van der Waals surface area contributed by atoms with Gasteiger partial charge >= 0.3 is 5.97 Å². The minimum atomic E-state index is -0.451. The number of guanidine groups is 1. The number of ether oxygens (including phenoxy) is 2. The molecular formula is C30H34N6O4. The van der Waals surface area contributed by atoms with Gasteiger partial charge in [0.25, 0.3) is 0 Å². The average Bonchev–Trinajstić information content (AvgIpc) is 3.35. The van der Waals surface area contributed by atoms with Crippen LogP contribution in [0.5, 0.6) is 11.5 Å². The molecular weight excluding hydrogens is 508 g/mol. The predicted octanol–water partition coefficient (Wildman–Crippen LogP) is 2.81. The van der Waals surface area contributed by atoms with Crippen molar-refractivity contribution in [1.29, 1.82) is 0 Å². The Morgan fingerprint density at radius 1 is 1.05 bits per heavy atom. The van der Waals surface area contributed by atoms with E-state index in [4.69, 9.17) is 20.9 Å². The number of rotatable bonds is 10. The van der Waals surface area contributed by atoms with Crippen molar-refractivity contribution in [3.63, 3.8) is 0 Å². The molecule has 2 heterocycles. The summed E-state index contributed by atoms with van der Waals surface area (Å²) in [5, 5.41) is 0. The molecule has 10 heteroatoms. The summed E-state index contributed by atoms with van der Waals surface area (Å²) in [6.07, 6.45) is 1.35. The second-order valence-corrected chi connectivity index (χ2v) is 10.1. The molecule has 0 aliphatic carbocycles. The molecule has 4 N–H and O–H groups in total. The van der Waals surface area contributed by atoms with Crippen LogP contribution in [-0.4, -0.2) is 62.6 Å². The highest BCUT2D eigenvalue weighted by molar-refractivity contribution is 5.88. The monoisotopic (exact) mass is 542 g/mol. The van der Waals surface area contributed by atoms with E-state index in [1.54, 1.807) is 11.0 Å². The first-order chi connectivity index (χ1) is 19.3. The zero-order valence-electron chi connectivity index (χ0n) is 22.7. The molecule has 40 heavy (non-hydrogen) atoms. The third-order valence-electron chi connectivity index (χ3n) is 7.16. The highest BCUT2D eigenvalue weighted by atomic mass is 16.5. The second-order valence-electron chi connectivity index (χ2n) is 10.1. The Morgan fingerprint density at radius 2 is 1.82 bits per heavy atom. The predicted molar refractivity (Wildman–Crippen MR) is 155 cm³/mol. The highest BCUT2D eigenvalue weighted by Crippen LogP contribution is 2.32. The normalized spacial score (nSPS) is 14.6. The summed E-state index contributed by atoms with van der Waals surface area (Å²) in [6, 6.07) is 20.6. The third-order valence-corrected chi connectivity index (χ3v) is 7.16. The molecule has 0 aromatic heterocycles. The van der Waals surface area contributed by atoms with Crippen molar-refractivity contribution in [3.05, 3.63) is 77.9 Å². The van der Waals surface area contributed by atoms with Crippen LogP contribution in [0, 0.1) is 0 Å². The van der Waals surface area contributed by atoms with Crippen LogP contribution in [0.15, 0.2) is 71.7 Å². The molecule has 3 aromatic carbocycles. The number of hydrogen-bond acceptors (Lipinski definition) is 9. The number of para-hydroxylation sites is 3. The van der Waals surface area contributed by atoms with Gasteiger partial charge < -0.3 is 35.6 Å². The molecule has 0 bridgehead atoms. The number of carbonyl (C=O) groups excluding carboxylic acids is 2. The number of anilines is 2. The Kier molecular flexibility index (Phi) is 7.77. The van der Waals surface area contributed by atoms with E-state index in [9.17, 15) is 9.59 Å². The smallest absolute Gasteiger partial charge is 0.331 e. The van der Waals surface area contributed by atoms with Gasteiger partial charge in [0.1, 0.15) is 18.3 Å². The number of carbonyl (C=O) groups is 2. The van der Waals surface area contributed by atoms with Gasteiger partial charge in [-0.25, -0.2) is 9.79 Å². The maximum Gasteiger partial charge on any atom is 0.331 e. The zero-order chi connectivity index (χ0) is 28.2. The van der Waals surface area contributed by atoms with Crippen LogP contribution >= 0.6 is 0 Å². The minimum absolute atomic E-state index is 0.0388. The molecule has 0 fully saturated rings. The molecule has 0 radical (unpaired) electrons. The van der Waals surface area contributed by atoms with Gasteiger partial charge in [-0.15, -0.1) is 0 Å². The van der Waals surface area contributed by atoms with Crippen LogP contribution in [0.2, 0.25) is 0 Å². The standard InChI is InChI=1S/C30H34N6O4/c1-34(2)25-9-5-6-10-27(25)40-28(37)19-35-18-21-11-12-22(17-23(21)33-30(35)32)39-16-14-26(29(31)38)36-15-13-20-7-3-4-8-24(20)36/h3-12,17,26H,13-16,18-19H2,1-2H3,(H2,31,38)(H2,32,33). The van der Waals surface area contributed by atoms with Gasteiger partial charge in [0.05, 0.1) is 18.0 Å². The van der Waals surface area contributed by atoms with E-state index in [0.29, 0.717) is 36.8 Å². The largest absolute Gasteiger partial charge is 0.493 e. The van der Waals surface area contributed by atoms with E-state index in [0.717, 1.165) is 29.9 Å². The van der Waals surface area contributed by atoms with Crippen molar-refractivity contribution in [2.45, 2.75) is 25.4 Å². The van der Waals surface area contributed by atoms with Gasteiger partial charge in [0, 0.05) is 45.4 Å². The van der Waals surface area contributed by atoms with Crippen molar-refractivity contribution < 1.29 is 19.1 Å². The number of aliphatic imine (C=N–C) groups is 1. The van der Waals surface area contributed by atoms with Crippen molar-refractivity contribution in [2.24, 2.45) is 16.5 Å². The molecule has 208 valence electrons. The SMILES string of the molecule is CN(C)c1ccccc1OC(=O)CN1Cc2ccc(OCCC(C(N)=O)N3CCc4ccccc43)cc2N=C1N. The molecule has 10 nitrogen and oxygen atoms in total. The van der Waals surface area contributed by atoms with Crippen LogP contribution < -0.4 is 30.7 Å². The molecule has 1 atom stereocenters. The second kappa shape index (κ2) is 11.6. The number of hydrogen-bond donors (Lipinski definition) is 2. The fraction of sp³-hybridized carbons (Fsp3) is 0.300. The van der Waals surface area contributed by atoms with E-state index < -0.39 is 12.0 Å².